The maximum atomic E-state index is 13.1. The minimum atomic E-state index is -0.258. The number of nitrogens with zero attached hydrogens (tertiary/aromatic N) is 10. The number of aromatic amines is 5. The van der Waals surface area contributed by atoms with Gasteiger partial charge in [-0.1, -0.05) is 180 Å². The van der Waals surface area contributed by atoms with Crippen LogP contribution in [-0.2, 0) is 0 Å². The molecule has 0 unspecified atom stereocenters. The predicted molar refractivity (Wildman–Crippen MR) is 468 cm³/mol. The molecule has 0 aliphatic heterocycles. The third-order valence-corrected chi connectivity index (χ3v) is 19.3. The number of aryl methyl sites for hydroxylation is 2. The van der Waals surface area contributed by atoms with Gasteiger partial charge < -0.3 is 48.6 Å². The van der Waals surface area contributed by atoms with Gasteiger partial charge >= 0.3 is 0 Å². The SMILES string of the molecule is CCCCOc1ncccc1-c1nc(-c2ccc(F)cc2)c(C)[nH]1.CCCCOc1ncccc1-c1nc(-c2ccccc2)c(C)[nH]1.CCCCOc1ncccc1-c1ncc(-c2ccc(Cl)c(Cl)c2)[nH]1.CCCCOc1ncccc1-c1ncc(-c2cccc(Cl)c2)[nH]1.CCCCOc1ncccc1-c1ncc(-c2ccccc2Cl)[nH]1. The molecule has 0 saturated heterocycles. The van der Waals surface area contributed by atoms with Gasteiger partial charge in [0.25, 0.3) is 0 Å². The summed E-state index contributed by atoms with van der Waals surface area (Å²) in [5.74, 6) is 6.39. The van der Waals surface area contributed by atoms with E-state index in [9.17, 15) is 4.39 Å². The molecule has 0 fully saturated rings. The highest BCUT2D eigenvalue weighted by atomic mass is 35.5. The molecule has 602 valence electrons. The van der Waals surface area contributed by atoms with Crippen molar-refractivity contribution in [1.29, 1.82) is 0 Å². The Labute approximate surface area is 701 Å². The van der Waals surface area contributed by atoms with Crippen LogP contribution in [-0.4, -0.2) is 108 Å². The zero-order valence-electron chi connectivity index (χ0n) is 66.4. The molecule has 0 saturated carbocycles. The number of halogens is 5. The van der Waals surface area contributed by atoms with Crippen LogP contribution in [0.15, 0.2) is 232 Å². The third-order valence-electron chi connectivity index (χ3n) is 18.0. The molecule has 0 aliphatic carbocycles. The summed E-state index contributed by atoms with van der Waals surface area (Å²) in [5.41, 5.74) is 15.4. The van der Waals surface area contributed by atoms with Gasteiger partial charge in [-0.25, -0.2) is 54.2 Å². The summed E-state index contributed by atoms with van der Waals surface area (Å²) in [6.45, 7) is 17.9. The van der Waals surface area contributed by atoms with Crippen LogP contribution in [0.1, 0.15) is 110 Å². The first-order valence-corrected chi connectivity index (χ1v) is 40.7. The number of nitrogens with one attached hydrogen (secondary N) is 5. The summed E-state index contributed by atoms with van der Waals surface area (Å²) in [4.78, 5) is 61.0. The molecule has 10 heterocycles. The topological polar surface area (TPSA) is 254 Å². The van der Waals surface area contributed by atoms with E-state index in [2.05, 4.69) is 117 Å². The Morgan fingerprint density at radius 1 is 0.299 bits per heavy atom. The minimum absolute atomic E-state index is 0.258. The molecule has 25 heteroatoms. The number of hydrogen-bond donors (Lipinski definition) is 5. The average Bonchev–Trinajstić information content (AvgIpc) is 1.68. The van der Waals surface area contributed by atoms with Gasteiger partial charge in [0.05, 0.1) is 118 Å². The monoisotopic (exact) mass is 1650 g/mol. The molecule has 0 aliphatic rings. The fraction of sp³-hybridized carbons (Fsp3) is 0.239. The lowest BCUT2D eigenvalue weighted by Gasteiger charge is -2.08. The van der Waals surface area contributed by atoms with Gasteiger partial charge in [0.2, 0.25) is 29.4 Å². The molecule has 5 N–H and O–H groups in total. The summed E-state index contributed by atoms with van der Waals surface area (Å²) in [5, 5.41) is 2.42. The van der Waals surface area contributed by atoms with Crippen LogP contribution in [0.5, 0.6) is 29.4 Å². The molecule has 15 rings (SSSR count). The number of pyridine rings is 5. The van der Waals surface area contributed by atoms with Crippen molar-refractivity contribution in [3.63, 3.8) is 0 Å². The van der Waals surface area contributed by atoms with E-state index >= 15 is 0 Å². The van der Waals surface area contributed by atoms with Crippen molar-refractivity contribution in [1.82, 2.24) is 74.8 Å². The summed E-state index contributed by atoms with van der Waals surface area (Å²) in [7, 11) is 0. The molecule has 0 amide bonds. The van der Waals surface area contributed by atoms with Crippen molar-refractivity contribution < 1.29 is 28.1 Å². The Morgan fingerprint density at radius 2 is 0.641 bits per heavy atom. The van der Waals surface area contributed by atoms with Gasteiger partial charge in [-0.2, -0.15) is 0 Å². The quantitative estimate of drug-likeness (QED) is 0.0262. The molecule has 0 spiro atoms. The van der Waals surface area contributed by atoms with E-state index in [1.165, 1.54) is 12.1 Å². The zero-order chi connectivity index (χ0) is 82.1. The summed E-state index contributed by atoms with van der Waals surface area (Å²) >= 11 is 24.4. The first kappa shape index (κ1) is 85.9. The lowest BCUT2D eigenvalue weighted by Crippen LogP contribution is -2.00. The standard InChI is InChI=1S/C19H20FN3O.C19H21N3O.C18H17Cl2N3O.2C18H18ClN3O/c1-3-4-12-24-19-16(6-5-11-21-19)18-22-13(2)17(23-18)14-7-9-15(20)10-8-14;1-3-4-13-23-19-16(11-8-12-20-19)18-21-14(2)17(22-18)15-9-6-5-7-10-15;1-2-3-9-24-18-13(5-4-8-21-18)17-22-11-16(23-17)12-6-7-14(19)15(20)10-12;1-2-3-10-23-18-15(8-5-9-20-18)17-21-12-16(22-17)13-6-4-7-14(19)11-13;1-2-3-11-23-18-14(8-6-10-20-18)17-21-12-16(22-17)13-7-4-5-9-15(13)19/h5-11H,3-4,12H2,1-2H3,(H,22,23);5-12H,3-4,13H2,1-2H3,(H,21,22);4-8,10-11H,2-3,9H2,1H3,(H,22,23);4-9,11-12H,2-3,10H2,1H3,(H,21,22);4-10,12H,2-3,11H2,1H3,(H,21,22). The Bertz CT molecular complexity index is 5560. The molecule has 20 nitrogen and oxygen atoms in total. The number of aromatic nitrogens is 15. The molecule has 0 bridgehead atoms. The van der Waals surface area contributed by atoms with Gasteiger partial charge in [0.15, 0.2) is 0 Å². The zero-order valence-corrected chi connectivity index (χ0v) is 69.5. The Kier molecular flexibility index (Phi) is 32.8. The molecule has 0 atom stereocenters. The van der Waals surface area contributed by atoms with Crippen LogP contribution in [0.4, 0.5) is 4.39 Å². The first-order chi connectivity index (χ1) is 57.2. The second kappa shape index (κ2) is 44.8. The summed E-state index contributed by atoms with van der Waals surface area (Å²) in [6, 6.07) is 56.5. The number of unbranched alkanes of at least 4 members (excludes halogenated alkanes) is 5. The van der Waals surface area contributed by atoms with Crippen molar-refractivity contribution in [2.75, 3.05) is 33.0 Å². The van der Waals surface area contributed by atoms with Gasteiger partial charge in [0.1, 0.15) is 34.9 Å². The largest absolute Gasteiger partial charge is 0.477 e. The fourth-order valence-electron chi connectivity index (χ4n) is 11.7. The van der Waals surface area contributed by atoms with E-state index in [1.807, 2.05) is 153 Å². The highest BCUT2D eigenvalue weighted by Gasteiger charge is 2.20. The normalized spacial score (nSPS) is 10.7. The lowest BCUT2D eigenvalue weighted by molar-refractivity contribution is 0.299. The second-order valence-corrected chi connectivity index (χ2v) is 28.5. The number of ether oxygens (including phenoxy) is 5. The van der Waals surface area contributed by atoms with Gasteiger partial charge in [-0.3, -0.25) is 0 Å². The van der Waals surface area contributed by atoms with E-state index in [0.717, 1.165) is 177 Å². The highest BCUT2D eigenvalue weighted by molar-refractivity contribution is 6.42. The highest BCUT2D eigenvalue weighted by Crippen LogP contribution is 2.37. The van der Waals surface area contributed by atoms with Crippen LogP contribution in [0, 0.1) is 19.7 Å². The lowest BCUT2D eigenvalue weighted by atomic mass is 10.1. The number of rotatable bonds is 30. The van der Waals surface area contributed by atoms with E-state index in [0.29, 0.717) is 94.2 Å². The van der Waals surface area contributed by atoms with Gasteiger partial charge in [0, 0.05) is 80.2 Å². The van der Waals surface area contributed by atoms with E-state index in [1.54, 1.807) is 67.8 Å². The number of benzene rings is 5. The van der Waals surface area contributed by atoms with Crippen LogP contribution in [0.2, 0.25) is 20.1 Å². The minimum Gasteiger partial charge on any atom is -0.477 e. The second-order valence-electron chi connectivity index (χ2n) is 26.8. The molecule has 117 heavy (non-hydrogen) atoms. The van der Waals surface area contributed by atoms with Crippen LogP contribution in [0.25, 0.3) is 113 Å². The van der Waals surface area contributed by atoms with E-state index in [4.69, 9.17) is 75.1 Å². The van der Waals surface area contributed by atoms with Crippen LogP contribution in [0.3, 0.4) is 0 Å². The smallest absolute Gasteiger partial charge is 0.224 e. The van der Waals surface area contributed by atoms with E-state index in [-0.39, 0.29) is 5.82 Å². The average molecular weight is 1650 g/mol. The van der Waals surface area contributed by atoms with Crippen molar-refractivity contribution in [3.8, 4) is 143 Å². The summed E-state index contributed by atoms with van der Waals surface area (Å²) in [6.07, 6.45) is 24.4. The molecule has 0 radical (unpaired) electrons. The van der Waals surface area contributed by atoms with Crippen molar-refractivity contribution in [3.05, 3.63) is 269 Å². The van der Waals surface area contributed by atoms with Gasteiger partial charge in [-0.15, -0.1) is 0 Å². The Hall–Kier alpha value is -12.0. The Morgan fingerprint density at radius 3 is 1.03 bits per heavy atom. The number of H-pyrrole nitrogens is 5. The maximum absolute atomic E-state index is 13.1. The molecular formula is C92H94Cl4FN15O5. The van der Waals surface area contributed by atoms with Gasteiger partial charge in [-0.05, 0) is 161 Å². The predicted octanol–water partition coefficient (Wildman–Crippen LogP) is 25.0. The van der Waals surface area contributed by atoms with Crippen molar-refractivity contribution in [2.24, 2.45) is 0 Å². The Balaban J connectivity index is 0.000000144. The molecular weight excluding hydrogens is 1560 g/mol. The molecule has 15 aromatic rings. The number of hydrogen-bond acceptors (Lipinski definition) is 15. The van der Waals surface area contributed by atoms with Crippen molar-refractivity contribution in [2.45, 2.75) is 113 Å². The number of imidazole rings is 5. The molecule has 5 aromatic carbocycles. The van der Waals surface area contributed by atoms with E-state index < -0.39 is 0 Å². The third kappa shape index (κ3) is 24.3. The fourth-order valence-corrected chi connectivity index (χ4v) is 12.5. The molecule has 10 aromatic heterocycles. The maximum Gasteiger partial charge on any atom is 0.224 e. The van der Waals surface area contributed by atoms with Crippen LogP contribution >= 0.6 is 46.4 Å². The summed E-state index contributed by atoms with van der Waals surface area (Å²) < 4.78 is 42.0. The van der Waals surface area contributed by atoms with Crippen LogP contribution < -0.4 is 23.7 Å². The van der Waals surface area contributed by atoms with Crippen molar-refractivity contribution >= 4 is 46.4 Å². The first-order valence-electron chi connectivity index (χ1n) is 39.2.